The third-order valence-electron chi connectivity index (χ3n) is 4.75. The van der Waals surface area contributed by atoms with Crippen LogP contribution in [-0.2, 0) is 9.59 Å². The van der Waals surface area contributed by atoms with Gasteiger partial charge in [0.25, 0.3) is 11.8 Å². The van der Waals surface area contributed by atoms with Gasteiger partial charge in [-0.25, -0.2) is 4.90 Å². The Morgan fingerprint density at radius 1 is 0.926 bits per heavy atom. The van der Waals surface area contributed by atoms with Crippen LogP contribution in [0.1, 0.15) is 23.6 Å². The summed E-state index contributed by atoms with van der Waals surface area (Å²) in [5.41, 5.74) is 5.20. The molecule has 0 aliphatic carbocycles. The average molecular weight is 381 g/mol. The number of aryl methyl sites for hydroxylation is 2. The first-order valence-electron chi connectivity index (χ1n) is 8.96. The van der Waals surface area contributed by atoms with Crippen molar-refractivity contribution in [3.05, 3.63) is 64.1 Å². The summed E-state index contributed by atoms with van der Waals surface area (Å²) in [6.45, 7) is 6.04. The minimum Gasteiger partial charge on any atom is -0.378 e. The molecule has 0 N–H and O–H groups in total. The maximum absolute atomic E-state index is 13.2. The van der Waals surface area contributed by atoms with E-state index in [1.807, 2.05) is 82.2 Å². The van der Waals surface area contributed by atoms with E-state index in [0.717, 1.165) is 28.1 Å². The average Bonchev–Trinajstić information content (AvgIpc) is 2.88. The topological polar surface area (TPSA) is 40.6 Å². The van der Waals surface area contributed by atoms with Crippen molar-refractivity contribution in [1.82, 2.24) is 0 Å². The van der Waals surface area contributed by atoms with Gasteiger partial charge >= 0.3 is 0 Å². The zero-order valence-electron chi connectivity index (χ0n) is 16.4. The van der Waals surface area contributed by atoms with Crippen molar-refractivity contribution in [2.75, 3.05) is 29.6 Å². The number of thioether (sulfide) groups is 1. The highest BCUT2D eigenvalue weighted by Crippen LogP contribution is 2.39. The smallest absolute Gasteiger partial charge is 0.272 e. The molecule has 3 rings (SSSR count). The first-order valence-corrected chi connectivity index (χ1v) is 9.94. The minimum atomic E-state index is -0.253. The number of imide groups is 1. The SMILES string of the molecule is CCSC1=C(c2ccc(C)c(C)c2)C(=O)N(c2ccc(N(C)C)cc2)C1=O. The van der Waals surface area contributed by atoms with Crippen molar-refractivity contribution in [3.8, 4) is 0 Å². The standard InChI is InChI=1S/C22H24N2O2S/c1-6-27-20-19(16-8-7-14(2)15(3)13-16)21(25)24(22(20)26)18-11-9-17(10-12-18)23(4)5/h7-13H,6H2,1-5H3. The number of carbonyl (C=O) groups excluding carboxylic acids is 2. The summed E-state index contributed by atoms with van der Waals surface area (Å²) in [6, 6.07) is 13.4. The molecule has 0 radical (unpaired) electrons. The second kappa shape index (κ2) is 7.61. The van der Waals surface area contributed by atoms with Gasteiger partial charge in [-0.15, -0.1) is 11.8 Å². The van der Waals surface area contributed by atoms with E-state index in [4.69, 9.17) is 0 Å². The van der Waals surface area contributed by atoms with Crippen LogP contribution >= 0.6 is 11.8 Å². The van der Waals surface area contributed by atoms with E-state index in [-0.39, 0.29) is 11.8 Å². The lowest BCUT2D eigenvalue weighted by molar-refractivity contribution is -0.119. The van der Waals surface area contributed by atoms with Gasteiger partial charge in [-0.3, -0.25) is 9.59 Å². The summed E-state index contributed by atoms with van der Waals surface area (Å²) >= 11 is 1.43. The van der Waals surface area contributed by atoms with Gasteiger partial charge in [-0.2, -0.15) is 0 Å². The van der Waals surface area contributed by atoms with E-state index in [1.54, 1.807) is 0 Å². The first kappa shape index (κ1) is 19.2. The molecule has 0 saturated carbocycles. The van der Waals surface area contributed by atoms with Gasteiger partial charge in [-0.1, -0.05) is 25.1 Å². The van der Waals surface area contributed by atoms with Crippen LogP contribution in [-0.4, -0.2) is 31.7 Å². The number of carbonyl (C=O) groups is 2. The fraction of sp³-hybridized carbons (Fsp3) is 0.273. The van der Waals surface area contributed by atoms with Crippen LogP contribution in [0.15, 0.2) is 47.4 Å². The summed E-state index contributed by atoms with van der Waals surface area (Å²) < 4.78 is 0. The Balaban J connectivity index is 2.05. The van der Waals surface area contributed by atoms with Gasteiger partial charge in [0.2, 0.25) is 0 Å². The van der Waals surface area contributed by atoms with Crippen molar-refractivity contribution < 1.29 is 9.59 Å². The molecule has 4 nitrogen and oxygen atoms in total. The summed E-state index contributed by atoms with van der Waals surface area (Å²) in [5.74, 6) is 0.241. The van der Waals surface area contributed by atoms with Crippen LogP contribution in [0.2, 0.25) is 0 Å². The van der Waals surface area contributed by atoms with E-state index in [2.05, 4.69) is 0 Å². The predicted molar refractivity (Wildman–Crippen MR) is 114 cm³/mol. The van der Waals surface area contributed by atoms with Crippen LogP contribution in [0.25, 0.3) is 5.57 Å². The summed E-state index contributed by atoms with van der Waals surface area (Å²) in [4.78, 5) is 30.1. The molecule has 0 bridgehead atoms. The third-order valence-corrected chi connectivity index (χ3v) is 5.71. The largest absolute Gasteiger partial charge is 0.378 e. The van der Waals surface area contributed by atoms with Crippen LogP contribution < -0.4 is 9.80 Å². The minimum absolute atomic E-state index is 0.238. The molecular weight excluding hydrogens is 356 g/mol. The van der Waals surface area contributed by atoms with Crippen LogP contribution in [0.3, 0.4) is 0 Å². The highest BCUT2D eigenvalue weighted by atomic mass is 32.2. The lowest BCUT2D eigenvalue weighted by atomic mass is 10.0. The maximum Gasteiger partial charge on any atom is 0.272 e. The monoisotopic (exact) mass is 380 g/mol. The molecule has 0 aromatic heterocycles. The summed E-state index contributed by atoms with van der Waals surface area (Å²) in [7, 11) is 3.91. The molecule has 1 aliphatic heterocycles. The first-order chi connectivity index (χ1) is 12.8. The van der Waals surface area contributed by atoms with Gasteiger partial charge in [0.15, 0.2) is 0 Å². The van der Waals surface area contributed by atoms with Crippen molar-refractivity contribution in [3.63, 3.8) is 0 Å². The normalized spacial score (nSPS) is 14.3. The van der Waals surface area contributed by atoms with Gasteiger partial charge in [0, 0.05) is 19.8 Å². The van der Waals surface area contributed by atoms with Gasteiger partial charge in [0.1, 0.15) is 0 Å². The van der Waals surface area contributed by atoms with E-state index in [9.17, 15) is 9.59 Å². The Labute approximate surface area is 164 Å². The fourth-order valence-electron chi connectivity index (χ4n) is 3.07. The Kier molecular flexibility index (Phi) is 5.42. The quantitative estimate of drug-likeness (QED) is 0.721. The maximum atomic E-state index is 13.2. The molecule has 0 atom stereocenters. The van der Waals surface area contributed by atoms with E-state index in [0.29, 0.717) is 16.2 Å². The third kappa shape index (κ3) is 3.52. The van der Waals surface area contributed by atoms with Crippen molar-refractivity contribution in [2.24, 2.45) is 0 Å². The second-order valence-corrected chi connectivity index (χ2v) is 8.07. The lowest BCUT2D eigenvalue weighted by Crippen LogP contribution is -2.31. The molecule has 1 heterocycles. The predicted octanol–water partition coefficient (Wildman–Crippen LogP) is 4.41. The van der Waals surface area contributed by atoms with Crippen LogP contribution in [0, 0.1) is 13.8 Å². The molecule has 0 unspecified atom stereocenters. The molecule has 2 aromatic rings. The molecule has 0 saturated heterocycles. The number of hydrogen-bond donors (Lipinski definition) is 0. The molecule has 2 amide bonds. The Morgan fingerprint density at radius 3 is 2.15 bits per heavy atom. The molecule has 27 heavy (non-hydrogen) atoms. The number of nitrogens with zero attached hydrogens (tertiary/aromatic N) is 2. The van der Waals surface area contributed by atoms with Crippen molar-refractivity contribution in [1.29, 1.82) is 0 Å². The Morgan fingerprint density at radius 2 is 1.59 bits per heavy atom. The van der Waals surface area contributed by atoms with Gasteiger partial charge in [-0.05, 0) is 60.6 Å². The molecular formula is C22H24N2O2S. The van der Waals surface area contributed by atoms with Crippen molar-refractivity contribution >= 4 is 40.5 Å². The van der Waals surface area contributed by atoms with Gasteiger partial charge < -0.3 is 4.90 Å². The number of amides is 2. The number of hydrogen-bond acceptors (Lipinski definition) is 4. The van der Waals surface area contributed by atoms with E-state index < -0.39 is 0 Å². The second-order valence-electron chi connectivity index (χ2n) is 6.79. The highest BCUT2D eigenvalue weighted by Gasteiger charge is 2.40. The van der Waals surface area contributed by atoms with Crippen molar-refractivity contribution in [2.45, 2.75) is 20.8 Å². The number of anilines is 2. The van der Waals surface area contributed by atoms with E-state index in [1.165, 1.54) is 16.7 Å². The molecule has 5 heteroatoms. The summed E-state index contributed by atoms with van der Waals surface area (Å²) in [5, 5.41) is 0. The number of benzene rings is 2. The van der Waals surface area contributed by atoms with E-state index >= 15 is 0 Å². The fourth-order valence-corrected chi connectivity index (χ4v) is 3.93. The highest BCUT2D eigenvalue weighted by molar-refractivity contribution is 8.04. The van der Waals surface area contributed by atoms with Crippen LogP contribution in [0.5, 0.6) is 0 Å². The zero-order chi connectivity index (χ0) is 19.7. The molecule has 140 valence electrons. The Hall–Kier alpha value is -2.53. The Bertz CT molecular complexity index is 930. The molecule has 0 fully saturated rings. The molecule has 0 spiro atoms. The summed E-state index contributed by atoms with van der Waals surface area (Å²) in [6.07, 6.45) is 0. The van der Waals surface area contributed by atoms with Gasteiger partial charge in [0.05, 0.1) is 16.2 Å². The number of rotatable bonds is 5. The van der Waals surface area contributed by atoms with Crippen LogP contribution in [0.4, 0.5) is 11.4 Å². The lowest BCUT2D eigenvalue weighted by Gasteiger charge is -2.18. The molecule has 1 aliphatic rings. The molecule has 2 aromatic carbocycles. The zero-order valence-corrected chi connectivity index (χ0v) is 17.2.